The van der Waals surface area contributed by atoms with Gasteiger partial charge in [-0.15, -0.1) is 0 Å². The number of nitrogens with zero attached hydrogens (tertiary/aromatic N) is 1. The Kier molecular flexibility index (Phi) is 3.85. The molecule has 0 aromatic heterocycles. The molecule has 2 heterocycles. The standard InChI is InChI=1S/C12H24N2O2/c1-10-7-12(9-13,3-5-15-10)14-4-6-16-11(2)8-14/h10-11H,3-9,13H2,1-2H3. The summed E-state index contributed by atoms with van der Waals surface area (Å²) >= 11 is 0. The van der Waals surface area contributed by atoms with Crippen LogP contribution in [-0.2, 0) is 9.47 Å². The molecule has 0 amide bonds. The van der Waals surface area contributed by atoms with Crippen molar-refractivity contribution in [3.05, 3.63) is 0 Å². The lowest BCUT2D eigenvalue weighted by Crippen LogP contribution is -2.62. The zero-order valence-corrected chi connectivity index (χ0v) is 10.4. The van der Waals surface area contributed by atoms with E-state index in [-0.39, 0.29) is 5.54 Å². The largest absolute Gasteiger partial charge is 0.378 e. The second-order valence-corrected chi connectivity index (χ2v) is 5.19. The summed E-state index contributed by atoms with van der Waals surface area (Å²) in [4.78, 5) is 2.53. The molecular formula is C12H24N2O2. The van der Waals surface area contributed by atoms with Crippen molar-refractivity contribution in [3.63, 3.8) is 0 Å². The third-order valence-corrected chi connectivity index (χ3v) is 3.93. The van der Waals surface area contributed by atoms with Gasteiger partial charge in [-0.05, 0) is 26.7 Å². The molecule has 4 heteroatoms. The molecule has 94 valence electrons. The van der Waals surface area contributed by atoms with Gasteiger partial charge in [0, 0.05) is 31.8 Å². The summed E-state index contributed by atoms with van der Waals surface area (Å²) in [5.41, 5.74) is 6.19. The van der Waals surface area contributed by atoms with E-state index in [0.717, 1.165) is 45.7 Å². The Hall–Kier alpha value is -0.160. The molecule has 0 aromatic carbocycles. The van der Waals surface area contributed by atoms with E-state index in [1.54, 1.807) is 0 Å². The van der Waals surface area contributed by atoms with E-state index < -0.39 is 0 Å². The number of rotatable bonds is 2. The van der Waals surface area contributed by atoms with Gasteiger partial charge < -0.3 is 15.2 Å². The number of nitrogens with two attached hydrogens (primary N) is 1. The summed E-state index contributed by atoms with van der Waals surface area (Å²) in [5, 5.41) is 0. The lowest BCUT2D eigenvalue weighted by molar-refractivity contribution is -0.109. The van der Waals surface area contributed by atoms with E-state index in [2.05, 4.69) is 18.7 Å². The summed E-state index contributed by atoms with van der Waals surface area (Å²) in [6.07, 6.45) is 2.77. The van der Waals surface area contributed by atoms with Gasteiger partial charge >= 0.3 is 0 Å². The van der Waals surface area contributed by atoms with Crippen molar-refractivity contribution >= 4 is 0 Å². The SMILES string of the molecule is CC1CN(C2(CN)CCOC(C)C2)CCO1. The first-order chi connectivity index (χ1) is 7.66. The van der Waals surface area contributed by atoms with Gasteiger partial charge in [0.1, 0.15) is 0 Å². The summed E-state index contributed by atoms with van der Waals surface area (Å²) in [5.74, 6) is 0. The first-order valence-corrected chi connectivity index (χ1v) is 6.34. The van der Waals surface area contributed by atoms with E-state index >= 15 is 0 Å². The molecule has 0 saturated carbocycles. The minimum absolute atomic E-state index is 0.149. The molecule has 16 heavy (non-hydrogen) atoms. The predicted molar refractivity (Wildman–Crippen MR) is 63.4 cm³/mol. The fourth-order valence-corrected chi connectivity index (χ4v) is 3.00. The second-order valence-electron chi connectivity index (χ2n) is 5.19. The van der Waals surface area contributed by atoms with Crippen LogP contribution in [0.2, 0.25) is 0 Å². The molecule has 0 aliphatic carbocycles. The van der Waals surface area contributed by atoms with E-state index in [0.29, 0.717) is 12.2 Å². The quantitative estimate of drug-likeness (QED) is 0.752. The van der Waals surface area contributed by atoms with Crippen LogP contribution in [0.25, 0.3) is 0 Å². The molecule has 3 unspecified atom stereocenters. The monoisotopic (exact) mass is 228 g/mol. The Bertz CT molecular complexity index is 237. The molecule has 2 fully saturated rings. The number of morpholine rings is 1. The third kappa shape index (κ3) is 2.40. The Morgan fingerprint density at radius 2 is 2.00 bits per heavy atom. The number of ether oxygens (including phenoxy) is 2. The highest BCUT2D eigenvalue weighted by Crippen LogP contribution is 2.31. The highest BCUT2D eigenvalue weighted by atomic mass is 16.5. The molecule has 4 nitrogen and oxygen atoms in total. The number of hydrogen-bond donors (Lipinski definition) is 1. The van der Waals surface area contributed by atoms with E-state index in [1.807, 2.05) is 0 Å². The van der Waals surface area contributed by atoms with Crippen LogP contribution in [-0.4, -0.2) is 55.5 Å². The van der Waals surface area contributed by atoms with Crippen LogP contribution < -0.4 is 5.73 Å². The average molecular weight is 228 g/mol. The molecule has 3 atom stereocenters. The second kappa shape index (κ2) is 5.00. The molecular weight excluding hydrogens is 204 g/mol. The maximum Gasteiger partial charge on any atom is 0.0674 e. The predicted octanol–water partition coefficient (Wildman–Crippen LogP) is 0.604. The van der Waals surface area contributed by atoms with Crippen molar-refractivity contribution in [2.75, 3.05) is 32.8 Å². The minimum atomic E-state index is 0.149. The van der Waals surface area contributed by atoms with Crippen LogP contribution in [0.5, 0.6) is 0 Å². The normalized spacial score (nSPS) is 42.2. The van der Waals surface area contributed by atoms with Crippen LogP contribution in [0.3, 0.4) is 0 Å². The van der Waals surface area contributed by atoms with Crippen LogP contribution in [0.1, 0.15) is 26.7 Å². The number of hydrogen-bond acceptors (Lipinski definition) is 4. The van der Waals surface area contributed by atoms with Crippen LogP contribution in [0, 0.1) is 0 Å². The summed E-state index contributed by atoms with van der Waals surface area (Å²) in [6.45, 7) is 8.69. The van der Waals surface area contributed by atoms with Gasteiger partial charge in [0.2, 0.25) is 0 Å². The van der Waals surface area contributed by atoms with E-state index in [9.17, 15) is 0 Å². The highest BCUT2D eigenvalue weighted by molar-refractivity contribution is 4.97. The average Bonchev–Trinajstić information content (AvgIpc) is 2.29. The van der Waals surface area contributed by atoms with Crippen molar-refractivity contribution < 1.29 is 9.47 Å². The summed E-state index contributed by atoms with van der Waals surface area (Å²) < 4.78 is 11.2. The van der Waals surface area contributed by atoms with Gasteiger partial charge in [-0.2, -0.15) is 0 Å². The maximum atomic E-state index is 6.04. The summed E-state index contributed by atoms with van der Waals surface area (Å²) in [6, 6.07) is 0. The smallest absolute Gasteiger partial charge is 0.0674 e. The first kappa shape index (κ1) is 12.3. The molecule has 0 aromatic rings. The Labute approximate surface area is 98.1 Å². The van der Waals surface area contributed by atoms with Gasteiger partial charge in [-0.1, -0.05) is 0 Å². The van der Waals surface area contributed by atoms with Gasteiger partial charge in [-0.25, -0.2) is 0 Å². The molecule has 0 bridgehead atoms. The first-order valence-electron chi connectivity index (χ1n) is 6.34. The Morgan fingerprint density at radius 1 is 1.25 bits per heavy atom. The lowest BCUT2D eigenvalue weighted by Gasteiger charge is -2.50. The van der Waals surface area contributed by atoms with E-state index in [1.165, 1.54) is 0 Å². The third-order valence-electron chi connectivity index (χ3n) is 3.93. The van der Waals surface area contributed by atoms with Crippen LogP contribution >= 0.6 is 0 Å². The van der Waals surface area contributed by atoms with Crippen molar-refractivity contribution in [2.24, 2.45) is 5.73 Å². The van der Waals surface area contributed by atoms with Gasteiger partial charge in [0.05, 0.1) is 18.8 Å². The Morgan fingerprint density at radius 3 is 2.62 bits per heavy atom. The maximum absolute atomic E-state index is 6.04. The van der Waals surface area contributed by atoms with Crippen LogP contribution in [0.4, 0.5) is 0 Å². The van der Waals surface area contributed by atoms with Gasteiger partial charge in [0.15, 0.2) is 0 Å². The highest BCUT2D eigenvalue weighted by Gasteiger charge is 2.41. The van der Waals surface area contributed by atoms with Crippen molar-refractivity contribution in [1.82, 2.24) is 4.90 Å². The van der Waals surface area contributed by atoms with Gasteiger partial charge in [-0.3, -0.25) is 4.90 Å². The topological polar surface area (TPSA) is 47.7 Å². The van der Waals surface area contributed by atoms with Crippen molar-refractivity contribution in [1.29, 1.82) is 0 Å². The van der Waals surface area contributed by atoms with Gasteiger partial charge in [0.25, 0.3) is 0 Å². The van der Waals surface area contributed by atoms with E-state index in [4.69, 9.17) is 15.2 Å². The lowest BCUT2D eigenvalue weighted by atomic mass is 9.84. The molecule has 2 saturated heterocycles. The fourth-order valence-electron chi connectivity index (χ4n) is 3.00. The molecule has 2 rings (SSSR count). The molecule has 2 aliphatic heterocycles. The fraction of sp³-hybridized carbons (Fsp3) is 1.00. The zero-order chi connectivity index (χ0) is 11.6. The van der Waals surface area contributed by atoms with Crippen molar-refractivity contribution in [3.8, 4) is 0 Å². The molecule has 2 N–H and O–H groups in total. The van der Waals surface area contributed by atoms with Crippen molar-refractivity contribution in [2.45, 2.75) is 44.4 Å². The molecule has 0 radical (unpaired) electrons. The molecule has 2 aliphatic rings. The molecule has 0 spiro atoms. The zero-order valence-electron chi connectivity index (χ0n) is 10.4. The minimum Gasteiger partial charge on any atom is -0.378 e. The summed E-state index contributed by atoms with van der Waals surface area (Å²) in [7, 11) is 0. The Balaban J connectivity index is 2.07. The van der Waals surface area contributed by atoms with Crippen LogP contribution in [0.15, 0.2) is 0 Å².